The first-order valence-corrected chi connectivity index (χ1v) is 12.2. The van der Waals surface area contributed by atoms with Gasteiger partial charge in [-0.1, -0.05) is 18.2 Å². The highest BCUT2D eigenvalue weighted by atomic mass is 32.1. The Hall–Kier alpha value is -2.12. The molecule has 0 bridgehead atoms. The van der Waals surface area contributed by atoms with Crippen molar-refractivity contribution in [3.05, 3.63) is 64.6 Å². The number of amides is 1. The molecule has 0 unspecified atom stereocenters. The van der Waals surface area contributed by atoms with E-state index in [-0.39, 0.29) is 23.6 Å². The molecule has 1 N–H and O–H groups in total. The number of benzene rings is 1. The predicted molar refractivity (Wildman–Crippen MR) is 122 cm³/mol. The van der Waals surface area contributed by atoms with Crippen LogP contribution in [0.1, 0.15) is 78.7 Å². The van der Waals surface area contributed by atoms with E-state index in [1.165, 1.54) is 17.1 Å². The number of nitrogens with zero attached hydrogens (tertiary/aromatic N) is 2. The number of hydrogen-bond acceptors (Lipinski definition) is 4. The summed E-state index contributed by atoms with van der Waals surface area (Å²) in [6.45, 7) is 4.45. The summed E-state index contributed by atoms with van der Waals surface area (Å²) in [4.78, 5) is 19.9. The highest BCUT2D eigenvalue weighted by molar-refractivity contribution is 7.09. The van der Waals surface area contributed by atoms with Gasteiger partial charge < -0.3 is 10.0 Å². The van der Waals surface area contributed by atoms with Crippen LogP contribution in [-0.2, 0) is 5.60 Å². The smallest absolute Gasteiger partial charge is 0.283 e. The summed E-state index contributed by atoms with van der Waals surface area (Å²) in [5.41, 5.74) is -1.78. The molecule has 4 nitrogen and oxygen atoms in total. The molecule has 4 rings (SSSR count). The van der Waals surface area contributed by atoms with Gasteiger partial charge in [0.15, 0.2) is 5.60 Å². The fourth-order valence-corrected chi connectivity index (χ4v) is 5.51. The number of rotatable bonds is 8. The minimum atomic E-state index is -3.35. The molecule has 2 fully saturated rings. The summed E-state index contributed by atoms with van der Waals surface area (Å²) in [6.07, 6.45) is 8.30. The Morgan fingerprint density at radius 3 is 2.28 bits per heavy atom. The van der Waals surface area contributed by atoms with Crippen LogP contribution in [-0.4, -0.2) is 38.9 Å². The van der Waals surface area contributed by atoms with Gasteiger partial charge in [-0.25, -0.2) is 13.8 Å². The van der Waals surface area contributed by atoms with Crippen molar-refractivity contribution >= 4 is 17.2 Å². The van der Waals surface area contributed by atoms with Gasteiger partial charge in [0.1, 0.15) is 0 Å². The minimum Gasteiger partial charge on any atom is -0.379 e. The molecule has 2 aliphatic rings. The molecule has 0 radical (unpaired) electrons. The van der Waals surface area contributed by atoms with E-state index < -0.39 is 17.9 Å². The summed E-state index contributed by atoms with van der Waals surface area (Å²) < 4.78 is 28.7. The zero-order valence-electron chi connectivity index (χ0n) is 18.3. The maximum Gasteiger partial charge on any atom is 0.283 e. The highest BCUT2D eigenvalue weighted by Crippen LogP contribution is 2.42. The van der Waals surface area contributed by atoms with Gasteiger partial charge in [-0.3, -0.25) is 4.79 Å². The van der Waals surface area contributed by atoms with Crippen molar-refractivity contribution in [3.63, 3.8) is 0 Å². The fourth-order valence-electron chi connectivity index (χ4n) is 4.70. The van der Waals surface area contributed by atoms with E-state index in [1.54, 1.807) is 23.5 Å². The molecule has 1 amide bonds. The van der Waals surface area contributed by atoms with Crippen molar-refractivity contribution in [2.45, 2.75) is 81.4 Å². The molecule has 0 aliphatic heterocycles. The van der Waals surface area contributed by atoms with Crippen LogP contribution < -0.4 is 0 Å². The van der Waals surface area contributed by atoms with Crippen LogP contribution in [0.15, 0.2) is 48.5 Å². The zero-order chi connectivity index (χ0) is 22.9. The van der Waals surface area contributed by atoms with Gasteiger partial charge in [-0.2, -0.15) is 0 Å². The van der Waals surface area contributed by atoms with E-state index >= 15 is 0 Å². The molecule has 2 saturated carbocycles. The summed E-state index contributed by atoms with van der Waals surface area (Å²) in [6, 6.07) is 6.47. The second-order valence-electron chi connectivity index (χ2n) is 9.17. The van der Waals surface area contributed by atoms with E-state index in [1.807, 2.05) is 16.5 Å². The summed E-state index contributed by atoms with van der Waals surface area (Å²) in [5, 5.41) is 13.7. The number of allylic oxidation sites excluding steroid dienone is 1. The molecule has 1 heterocycles. The SMILES string of the molecule is C=CCC(F)(F)[C@@](C)(O)c1ccc(C(=O)N(C2CCC(c3nccs3)CC2)C2CC2)cc1. The third kappa shape index (κ3) is 4.50. The van der Waals surface area contributed by atoms with Crippen LogP contribution in [0.25, 0.3) is 0 Å². The molecule has 2 aliphatic carbocycles. The first-order valence-electron chi connectivity index (χ1n) is 11.3. The van der Waals surface area contributed by atoms with Gasteiger partial charge in [-0.05, 0) is 63.1 Å². The number of alkyl halides is 2. The quantitative estimate of drug-likeness (QED) is 0.500. The van der Waals surface area contributed by atoms with Gasteiger partial charge in [-0.15, -0.1) is 17.9 Å². The fraction of sp³-hybridized carbons (Fsp3) is 0.520. The molecule has 0 spiro atoms. The second-order valence-corrected chi connectivity index (χ2v) is 10.1. The molecule has 1 aromatic heterocycles. The van der Waals surface area contributed by atoms with E-state index in [4.69, 9.17) is 0 Å². The Balaban J connectivity index is 1.47. The molecule has 1 aromatic carbocycles. The maximum atomic E-state index is 14.4. The highest BCUT2D eigenvalue weighted by Gasteiger charge is 2.49. The van der Waals surface area contributed by atoms with Crippen LogP contribution in [0.2, 0.25) is 0 Å². The molecule has 2 aromatic rings. The number of hydrogen-bond donors (Lipinski definition) is 1. The second kappa shape index (κ2) is 9.02. The van der Waals surface area contributed by atoms with Gasteiger partial charge in [0.25, 0.3) is 11.8 Å². The third-order valence-corrected chi connectivity index (χ3v) is 7.81. The number of carbonyl (C=O) groups excluding carboxylic acids is 1. The number of aromatic nitrogens is 1. The van der Waals surface area contributed by atoms with Gasteiger partial charge in [0.05, 0.1) is 5.01 Å². The lowest BCUT2D eigenvalue weighted by atomic mass is 9.85. The van der Waals surface area contributed by atoms with Crippen LogP contribution in [0, 0.1) is 0 Å². The predicted octanol–water partition coefficient (Wildman–Crippen LogP) is 5.89. The Kier molecular flexibility index (Phi) is 6.50. The van der Waals surface area contributed by atoms with Gasteiger partial charge in [0.2, 0.25) is 0 Å². The summed E-state index contributed by atoms with van der Waals surface area (Å²) in [7, 11) is 0. The van der Waals surface area contributed by atoms with Crippen molar-refractivity contribution in [2.24, 2.45) is 0 Å². The number of carbonyl (C=O) groups is 1. The monoisotopic (exact) mass is 460 g/mol. The molecule has 7 heteroatoms. The largest absolute Gasteiger partial charge is 0.379 e. The molecule has 32 heavy (non-hydrogen) atoms. The normalized spacial score (nSPS) is 23.4. The third-order valence-electron chi connectivity index (χ3n) is 6.87. The summed E-state index contributed by atoms with van der Waals surface area (Å²) in [5.74, 6) is -2.92. The Morgan fingerprint density at radius 1 is 1.19 bits per heavy atom. The van der Waals surface area contributed by atoms with Crippen molar-refractivity contribution in [2.75, 3.05) is 0 Å². The first-order chi connectivity index (χ1) is 15.2. The maximum absolute atomic E-state index is 14.4. The Labute approximate surface area is 192 Å². The summed E-state index contributed by atoms with van der Waals surface area (Å²) >= 11 is 1.70. The molecule has 0 saturated heterocycles. The van der Waals surface area contributed by atoms with Crippen LogP contribution >= 0.6 is 11.3 Å². The van der Waals surface area contributed by atoms with Crippen molar-refractivity contribution < 1.29 is 18.7 Å². The molecule has 172 valence electrons. The van der Waals surface area contributed by atoms with Crippen LogP contribution in [0.3, 0.4) is 0 Å². The molecular formula is C25H30F2N2O2S. The van der Waals surface area contributed by atoms with Crippen LogP contribution in [0.5, 0.6) is 0 Å². The number of aliphatic hydroxyl groups is 1. The standard InChI is InChI=1S/C25H30F2N2O2S/c1-3-14-25(26,27)24(2,31)19-8-4-18(5-9-19)23(30)29(21-12-13-21)20-10-6-17(7-11-20)22-28-15-16-32-22/h3-5,8-9,15-17,20-21,31H,1,6-7,10-14H2,2H3/t17?,20?,24-/m0/s1. The lowest BCUT2D eigenvalue weighted by Gasteiger charge is -2.37. The minimum absolute atomic E-state index is 0.0470. The average molecular weight is 461 g/mol. The molecule has 1 atom stereocenters. The zero-order valence-corrected chi connectivity index (χ0v) is 19.2. The van der Waals surface area contributed by atoms with E-state index in [0.717, 1.165) is 51.5 Å². The van der Waals surface area contributed by atoms with E-state index in [2.05, 4.69) is 11.6 Å². The topological polar surface area (TPSA) is 53.4 Å². The Morgan fingerprint density at radius 2 is 1.78 bits per heavy atom. The van der Waals surface area contributed by atoms with Gasteiger partial charge in [0, 0.05) is 41.6 Å². The first kappa shape index (κ1) is 23.1. The number of thiazole rings is 1. The lowest BCUT2D eigenvalue weighted by molar-refractivity contribution is -0.175. The number of halogens is 2. The van der Waals surface area contributed by atoms with E-state index in [9.17, 15) is 18.7 Å². The van der Waals surface area contributed by atoms with Gasteiger partial charge >= 0.3 is 0 Å². The van der Waals surface area contributed by atoms with Crippen molar-refractivity contribution in [3.8, 4) is 0 Å². The Bertz CT molecular complexity index is 931. The van der Waals surface area contributed by atoms with Crippen molar-refractivity contribution in [1.82, 2.24) is 9.88 Å². The van der Waals surface area contributed by atoms with Crippen LogP contribution in [0.4, 0.5) is 8.78 Å². The molecular weight excluding hydrogens is 430 g/mol. The van der Waals surface area contributed by atoms with Crippen molar-refractivity contribution in [1.29, 1.82) is 0 Å². The average Bonchev–Trinajstić information content (AvgIpc) is 3.45. The van der Waals surface area contributed by atoms with E-state index in [0.29, 0.717) is 11.5 Å². The lowest BCUT2D eigenvalue weighted by Crippen LogP contribution is -2.44.